The summed E-state index contributed by atoms with van der Waals surface area (Å²) in [6.45, 7) is 1.79. The van der Waals surface area contributed by atoms with Gasteiger partial charge < -0.3 is 10.2 Å². The van der Waals surface area contributed by atoms with Gasteiger partial charge in [-0.2, -0.15) is 0 Å². The minimum absolute atomic E-state index is 0.0163. The number of phenols is 2. The quantitative estimate of drug-likeness (QED) is 0.601. The lowest BCUT2D eigenvalue weighted by molar-refractivity contribution is 0.470. The second-order valence-corrected chi connectivity index (χ2v) is 7.68. The van der Waals surface area contributed by atoms with Gasteiger partial charge in [0, 0.05) is 16.8 Å². The van der Waals surface area contributed by atoms with Gasteiger partial charge in [-0.15, -0.1) is 0 Å². The first-order valence-electron chi connectivity index (χ1n) is 7.96. The van der Waals surface area contributed by atoms with Crippen LogP contribution in [0.5, 0.6) is 11.5 Å². The Balaban J connectivity index is 2.16. The molecule has 3 rings (SSSR count). The Hall–Kier alpha value is -2.73. The van der Waals surface area contributed by atoms with Crippen LogP contribution in [0.1, 0.15) is 13.3 Å². The average molecular weight is 357 g/mol. The van der Waals surface area contributed by atoms with Crippen LogP contribution >= 0.6 is 0 Å². The van der Waals surface area contributed by atoms with Gasteiger partial charge in [0.25, 0.3) is 0 Å². The van der Waals surface area contributed by atoms with Crippen LogP contribution in [0.15, 0.2) is 54.6 Å². The third-order valence-corrected chi connectivity index (χ3v) is 5.41. The predicted octanol–water partition coefficient (Wildman–Crippen LogP) is 4.07. The fraction of sp³-hybridized carbons (Fsp3) is 0.158. The van der Waals surface area contributed by atoms with E-state index in [-0.39, 0.29) is 17.3 Å². The van der Waals surface area contributed by atoms with E-state index in [0.29, 0.717) is 23.2 Å². The third-order valence-electron chi connectivity index (χ3n) is 3.92. The highest BCUT2D eigenvalue weighted by Gasteiger charge is 2.16. The molecule has 0 aromatic heterocycles. The molecule has 5 nitrogen and oxygen atoms in total. The van der Waals surface area contributed by atoms with E-state index in [9.17, 15) is 18.6 Å². The summed E-state index contributed by atoms with van der Waals surface area (Å²) in [5, 5.41) is 22.3. The van der Waals surface area contributed by atoms with Gasteiger partial charge in [-0.1, -0.05) is 37.3 Å². The maximum atomic E-state index is 12.0. The van der Waals surface area contributed by atoms with Crippen LogP contribution in [0.2, 0.25) is 0 Å². The van der Waals surface area contributed by atoms with Gasteiger partial charge in [-0.25, -0.2) is 8.42 Å². The van der Waals surface area contributed by atoms with E-state index in [1.165, 1.54) is 18.2 Å². The van der Waals surface area contributed by atoms with E-state index in [2.05, 4.69) is 4.72 Å². The van der Waals surface area contributed by atoms with Crippen molar-refractivity contribution in [3.8, 4) is 22.6 Å². The van der Waals surface area contributed by atoms with Gasteiger partial charge in [-0.05, 0) is 41.5 Å². The van der Waals surface area contributed by atoms with E-state index in [4.69, 9.17) is 0 Å². The molecule has 3 aromatic rings. The first-order chi connectivity index (χ1) is 11.9. The molecule has 25 heavy (non-hydrogen) atoms. The molecule has 6 heteroatoms. The summed E-state index contributed by atoms with van der Waals surface area (Å²) >= 11 is 0. The number of nitrogens with one attached hydrogen (secondary N) is 1. The zero-order valence-electron chi connectivity index (χ0n) is 13.7. The summed E-state index contributed by atoms with van der Waals surface area (Å²) in [6.07, 6.45) is 0.504. The van der Waals surface area contributed by atoms with Gasteiger partial charge in [0.1, 0.15) is 11.5 Å². The lowest BCUT2D eigenvalue weighted by Gasteiger charge is -2.13. The second kappa shape index (κ2) is 6.64. The Morgan fingerprint density at radius 2 is 1.68 bits per heavy atom. The summed E-state index contributed by atoms with van der Waals surface area (Å²) in [7, 11) is -3.44. The number of aromatic hydroxyl groups is 2. The topological polar surface area (TPSA) is 86.6 Å². The van der Waals surface area contributed by atoms with Gasteiger partial charge in [0.05, 0.1) is 5.75 Å². The standard InChI is InChI=1S/C19H19NO4S/c1-2-11-25(23,24)20-14-8-10-17(21)16(12-14)19-15-6-4-3-5-13(15)7-9-18(19)22/h3-10,12,20-22H,2,11H2,1H3. The SMILES string of the molecule is CCCS(=O)(=O)Nc1ccc(O)c(-c2c(O)ccc3ccccc23)c1. The minimum atomic E-state index is -3.44. The van der Waals surface area contributed by atoms with Crippen molar-refractivity contribution in [1.82, 2.24) is 0 Å². The van der Waals surface area contributed by atoms with E-state index < -0.39 is 10.0 Å². The van der Waals surface area contributed by atoms with Crippen molar-refractivity contribution in [2.24, 2.45) is 0 Å². The van der Waals surface area contributed by atoms with E-state index in [1.807, 2.05) is 24.3 Å². The Bertz CT molecular complexity index is 1030. The number of sulfonamides is 1. The molecule has 0 aliphatic carbocycles. The molecule has 0 heterocycles. The highest BCUT2D eigenvalue weighted by molar-refractivity contribution is 7.92. The van der Waals surface area contributed by atoms with Crippen molar-refractivity contribution < 1.29 is 18.6 Å². The summed E-state index contributed by atoms with van der Waals surface area (Å²) in [6, 6.07) is 15.3. The van der Waals surface area contributed by atoms with Crippen molar-refractivity contribution in [3.63, 3.8) is 0 Å². The summed E-state index contributed by atoms with van der Waals surface area (Å²) < 4.78 is 26.5. The molecule has 0 aliphatic rings. The molecule has 3 aromatic carbocycles. The van der Waals surface area contributed by atoms with Gasteiger partial charge in [0.2, 0.25) is 10.0 Å². The van der Waals surface area contributed by atoms with Crippen LogP contribution in [-0.4, -0.2) is 24.4 Å². The molecular formula is C19H19NO4S. The molecule has 0 atom stereocenters. The van der Waals surface area contributed by atoms with Crippen molar-refractivity contribution >= 4 is 26.5 Å². The van der Waals surface area contributed by atoms with Gasteiger partial charge in [0.15, 0.2) is 0 Å². The molecule has 0 spiro atoms. The molecule has 0 bridgehead atoms. The van der Waals surface area contributed by atoms with Crippen molar-refractivity contribution in [2.75, 3.05) is 10.5 Å². The monoisotopic (exact) mass is 357 g/mol. The Morgan fingerprint density at radius 3 is 2.44 bits per heavy atom. The highest BCUT2D eigenvalue weighted by Crippen LogP contribution is 2.41. The van der Waals surface area contributed by atoms with E-state index in [0.717, 1.165) is 10.8 Å². The maximum absolute atomic E-state index is 12.0. The molecule has 0 saturated carbocycles. The van der Waals surface area contributed by atoms with Crippen molar-refractivity contribution in [3.05, 3.63) is 54.6 Å². The van der Waals surface area contributed by atoms with Crippen molar-refractivity contribution in [1.29, 1.82) is 0 Å². The van der Waals surface area contributed by atoms with Gasteiger partial charge in [-0.3, -0.25) is 4.72 Å². The Kier molecular flexibility index (Phi) is 4.55. The highest BCUT2D eigenvalue weighted by atomic mass is 32.2. The number of rotatable bonds is 5. The molecule has 0 saturated heterocycles. The Labute approximate surface area is 146 Å². The fourth-order valence-corrected chi connectivity index (χ4v) is 3.97. The molecule has 0 unspecified atom stereocenters. The minimum Gasteiger partial charge on any atom is -0.507 e. The predicted molar refractivity (Wildman–Crippen MR) is 100 cm³/mol. The van der Waals surface area contributed by atoms with Crippen molar-refractivity contribution in [2.45, 2.75) is 13.3 Å². The summed E-state index contributed by atoms with van der Waals surface area (Å²) in [5.41, 5.74) is 1.17. The molecule has 130 valence electrons. The molecule has 3 N–H and O–H groups in total. The molecule has 0 radical (unpaired) electrons. The third kappa shape index (κ3) is 3.53. The molecular weight excluding hydrogens is 338 g/mol. The van der Waals surface area contributed by atoms with Crippen LogP contribution in [0.4, 0.5) is 5.69 Å². The van der Waals surface area contributed by atoms with Crippen LogP contribution in [-0.2, 0) is 10.0 Å². The zero-order valence-corrected chi connectivity index (χ0v) is 14.5. The molecule has 0 amide bonds. The van der Waals surface area contributed by atoms with Crippen LogP contribution in [0, 0.1) is 0 Å². The van der Waals surface area contributed by atoms with Crippen LogP contribution < -0.4 is 4.72 Å². The van der Waals surface area contributed by atoms with Crippen LogP contribution in [0.25, 0.3) is 21.9 Å². The summed E-state index contributed by atoms with van der Waals surface area (Å²) in [5.74, 6) is -0.00409. The maximum Gasteiger partial charge on any atom is 0.232 e. The Morgan fingerprint density at radius 1 is 0.960 bits per heavy atom. The normalized spacial score (nSPS) is 11.6. The second-order valence-electron chi connectivity index (χ2n) is 5.83. The summed E-state index contributed by atoms with van der Waals surface area (Å²) in [4.78, 5) is 0. The van der Waals surface area contributed by atoms with Crippen LogP contribution in [0.3, 0.4) is 0 Å². The van der Waals surface area contributed by atoms with E-state index >= 15 is 0 Å². The lowest BCUT2D eigenvalue weighted by Crippen LogP contribution is -2.16. The number of phenolic OH excluding ortho intramolecular Hbond substituents is 2. The van der Waals surface area contributed by atoms with E-state index in [1.54, 1.807) is 19.1 Å². The molecule has 0 fully saturated rings. The first kappa shape index (κ1) is 17.1. The number of benzene rings is 3. The number of hydrogen-bond donors (Lipinski definition) is 3. The number of hydrogen-bond acceptors (Lipinski definition) is 4. The zero-order chi connectivity index (χ0) is 18.0. The smallest absolute Gasteiger partial charge is 0.232 e. The lowest BCUT2D eigenvalue weighted by atomic mass is 9.96. The molecule has 0 aliphatic heterocycles. The average Bonchev–Trinajstić information content (AvgIpc) is 2.56. The largest absolute Gasteiger partial charge is 0.507 e. The van der Waals surface area contributed by atoms with Gasteiger partial charge >= 0.3 is 0 Å². The number of fused-ring (bicyclic) bond motifs is 1. The number of anilines is 1. The fourth-order valence-electron chi connectivity index (χ4n) is 2.84. The first-order valence-corrected chi connectivity index (χ1v) is 9.61.